The van der Waals surface area contributed by atoms with Crippen molar-refractivity contribution in [3.63, 3.8) is 0 Å². The molecule has 0 N–H and O–H groups in total. The number of fused-ring (bicyclic) bond motifs is 3. The third kappa shape index (κ3) is 6.53. The molecule has 1 aromatic carbocycles. The van der Waals surface area contributed by atoms with Gasteiger partial charge in [-0.3, -0.25) is 9.88 Å². The minimum atomic E-state index is -0.798. The Morgan fingerprint density at radius 1 is 0.974 bits per heavy atom. The second-order valence-corrected chi connectivity index (χ2v) is 12.3. The Labute approximate surface area is 227 Å². The number of hydrogen-bond acceptors (Lipinski definition) is 8. The summed E-state index contributed by atoms with van der Waals surface area (Å²) in [6, 6.07) is 7.10. The summed E-state index contributed by atoms with van der Waals surface area (Å²) in [4.78, 5) is 47.3. The number of benzene rings is 1. The van der Waals surface area contributed by atoms with Crippen LogP contribution >= 0.6 is 11.3 Å². The van der Waals surface area contributed by atoms with Gasteiger partial charge in [-0.25, -0.2) is 14.4 Å². The standard InChI is InChI=1S/C28H37N3O6S/c1-16-11-12-18-19(29-16)13-14-20-21(18)22(23(38-20)24(32)35-10)31(26(34)37-28(6,7)8)15-17(2)30(9)25(33)36-27(3,4)5/h11-14,17H,15H2,1-10H3/t17-/m1/s1. The second kappa shape index (κ2) is 10.8. The zero-order valence-electron chi connectivity index (χ0n) is 23.8. The molecule has 2 heterocycles. The van der Waals surface area contributed by atoms with E-state index >= 15 is 0 Å². The van der Waals surface area contributed by atoms with Crippen LogP contribution in [0, 0.1) is 6.92 Å². The number of aromatic nitrogens is 1. The van der Waals surface area contributed by atoms with E-state index in [0.717, 1.165) is 21.3 Å². The number of amides is 2. The number of methoxy groups -OCH3 is 1. The summed E-state index contributed by atoms with van der Waals surface area (Å²) in [5.74, 6) is -0.573. The van der Waals surface area contributed by atoms with Gasteiger partial charge in [0.15, 0.2) is 0 Å². The third-order valence-corrected chi connectivity index (χ3v) is 6.80. The Morgan fingerprint density at radius 2 is 1.58 bits per heavy atom. The Balaban J connectivity index is 2.23. The number of aryl methyl sites for hydroxylation is 1. The summed E-state index contributed by atoms with van der Waals surface area (Å²) in [6.07, 6.45) is -1.17. The highest BCUT2D eigenvalue weighted by atomic mass is 32.1. The van der Waals surface area contributed by atoms with Crippen molar-refractivity contribution in [2.45, 2.75) is 72.6 Å². The van der Waals surface area contributed by atoms with Crippen molar-refractivity contribution in [1.29, 1.82) is 0 Å². The third-order valence-electron chi connectivity index (χ3n) is 5.68. The van der Waals surface area contributed by atoms with Gasteiger partial charge in [-0.1, -0.05) is 6.07 Å². The normalized spacial score (nSPS) is 12.8. The van der Waals surface area contributed by atoms with E-state index in [1.165, 1.54) is 28.2 Å². The first-order chi connectivity index (χ1) is 17.5. The molecule has 0 unspecified atom stereocenters. The summed E-state index contributed by atoms with van der Waals surface area (Å²) in [6.45, 7) is 14.4. The summed E-state index contributed by atoms with van der Waals surface area (Å²) in [5, 5.41) is 1.48. The Hall–Kier alpha value is -3.40. The van der Waals surface area contributed by atoms with Crippen LogP contribution in [0.4, 0.5) is 15.3 Å². The molecular weight excluding hydrogens is 506 g/mol. The lowest BCUT2D eigenvalue weighted by atomic mass is 10.1. The molecule has 0 aliphatic rings. The van der Waals surface area contributed by atoms with Gasteiger partial charge < -0.3 is 19.1 Å². The number of carbonyl (C=O) groups is 3. The fourth-order valence-electron chi connectivity index (χ4n) is 3.85. The highest BCUT2D eigenvalue weighted by Crippen LogP contribution is 2.43. The van der Waals surface area contributed by atoms with Crippen molar-refractivity contribution < 1.29 is 28.6 Å². The topological polar surface area (TPSA) is 98.3 Å². The molecule has 0 spiro atoms. The van der Waals surface area contributed by atoms with Gasteiger partial charge >= 0.3 is 18.2 Å². The van der Waals surface area contributed by atoms with E-state index in [1.54, 1.807) is 55.5 Å². The van der Waals surface area contributed by atoms with Crippen molar-refractivity contribution in [3.8, 4) is 0 Å². The highest BCUT2D eigenvalue weighted by molar-refractivity contribution is 7.21. The zero-order chi connectivity index (χ0) is 28.6. The average Bonchev–Trinajstić information content (AvgIpc) is 3.18. The maximum Gasteiger partial charge on any atom is 0.414 e. The summed E-state index contributed by atoms with van der Waals surface area (Å²) < 4.78 is 17.2. The van der Waals surface area contributed by atoms with Gasteiger partial charge in [0, 0.05) is 34.8 Å². The SMILES string of the molecule is COC(=O)c1sc2ccc3nc(C)ccc3c2c1N(C[C@@H](C)N(C)C(=O)OC(C)(C)C)C(=O)OC(C)(C)C. The summed E-state index contributed by atoms with van der Waals surface area (Å²) >= 11 is 1.23. The van der Waals surface area contributed by atoms with E-state index in [-0.39, 0.29) is 11.4 Å². The van der Waals surface area contributed by atoms with Crippen molar-refractivity contribution in [3.05, 3.63) is 34.8 Å². The van der Waals surface area contributed by atoms with E-state index in [2.05, 4.69) is 4.98 Å². The van der Waals surface area contributed by atoms with Gasteiger partial charge in [-0.15, -0.1) is 11.3 Å². The summed E-state index contributed by atoms with van der Waals surface area (Å²) in [7, 11) is 2.91. The van der Waals surface area contributed by atoms with Gasteiger partial charge in [0.25, 0.3) is 0 Å². The summed E-state index contributed by atoms with van der Waals surface area (Å²) in [5.41, 5.74) is 0.469. The Bertz CT molecular complexity index is 1370. The van der Waals surface area contributed by atoms with E-state index < -0.39 is 35.4 Å². The Morgan fingerprint density at radius 3 is 2.16 bits per heavy atom. The number of carbonyl (C=O) groups excluding carboxylic acids is 3. The number of ether oxygens (including phenoxy) is 3. The second-order valence-electron chi connectivity index (χ2n) is 11.3. The average molecular weight is 544 g/mol. The maximum atomic E-state index is 13.7. The number of esters is 1. The largest absolute Gasteiger partial charge is 0.465 e. The number of likely N-dealkylation sites (N-methyl/N-ethyl adjacent to an activating group) is 1. The van der Waals surface area contributed by atoms with Crippen LogP contribution in [0.2, 0.25) is 0 Å². The van der Waals surface area contributed by atoms with Gasteiger partial charge in [-0.2, -0.15) is 0 Å². The van der Waals surface area contributed by atoms with Gasteiger partial charge in [-0.05, 0) is 73.6 Å². The van der Waals surface area contributed by atoms with Crippen LogP contribution in [0.15, 0.2) is 24.3 Å². The monoisotopic (exact) mass is 543 g/mol. The minimum Gasteiger partial charge on any atom is -0.465 e. The predicted octanol–water partition coefficient (Wildman–Crippen LogP) is 6.54. The fraction of sp³-hybridized carbons (Fsp3) is 0.500. The molecule has 9 nitrogen and oxygen atoms in total. The lowest BCUT2D eigenvalue weighted by molar-refractivity contribution is 0.0231. The van der Waals surface area contributed by atoms with Crippen LogP contribution in [-0.4, -0.2) is 66.0 Å². The molecule has 1 atom stereocenters. The minimum absolute atomic E-state index is 0.0379. The molecule has 0 aliphatic heterocycles. The van der Waals surface area contributed by atoms with Crippen molar-refractivity contribution in [1.82, 2.24) is 9.88 Å². The van der Waals surface area contributed by atoms with Crippen LogP contribution in [0.25, 0.3) is 21.0 Å². The van der Waals surface area contributed by atoms with E-state index in [0.29, 0.717) is 11.1 Å². The first kappa shape index (κ1) is 29.2. The molecule has 3 rings (SSSR count). The smallest absolute Gasteiger partial charge is 0.414 e. The number of nitrogens with zero attached hydrogens (tertiary/aromatic N) is 3. The van der Waals surface area contributed by atoms with Crippen LogP contribution in [0.1, 0.15) is 63.8 Å². The molecular formula is C28H37N3O6S. The van der Waals surface area contributed by atoms with E-state index in [1.807, 2.05) is 31.2 Å². The number of thiophene rings is 1. The lowest BCUT2D eigenvalue weighted by Crippen LogP contribution is -2.48. The first-order valence-electron chi connectivity index (χ1n) is 12.4. The van der Waals surface area contributed by atoms with Crippen LogP contribution in [0.3, 0.4) is 0 Å². The molecule has 0 saturated carbocycles. The van der Waals surface area contributed by atoms with E-state index in [4.69, 9.17) is 14.2 Å². The maximum absolute atomic E-state index is 13.7. The molecule has 0 bridgehead atoms. The highest BCUT2D eigenvalue weighted by Gasteiger charge is 2.34. The Kier molecular flexibility index (Phi) is 8.26. The van der Waals surface area contributed by atoms with Crippen LogP contribution in [-0.2, 0) is 14.2 Å². The lowest BCUT2D eigenvalue weighted by Gasteiger charge is -2.33. The molecule has 0 aliphatic carbocycles. The molecule has 0 fully saturated rings. The fourth-order valence-corrected chi connectivity index (χ4v) is 4.99. The van der Waals surface area contributed by atoms with Crippen LogP contribution < -0.4 is 4.90 Å². The molecule has 2 aromatic heterocycles. The number of hydrogen-bond donors (Lipinski definition) is 0. The predicted molar refractivity (Wildman–Crippen MR) is 150 cm³/mol. The van der Waals surface area contributed by atoms with Crippen molar-refractivity contribution in [2.24, 2.45) is 0 Å². The number of anilines is 1. The molecule has 0 radical (unpaired) electrons. The van der Waals surface area contributed by atoms with Crippen molar-refractivity contribution in [2.75, 3.05) is 25.6 Å². The van der Waals surface area contributed by atoms with Gasteiger partial charge in [0.2, 0.25) is 0 Å². The molecule has 0 saturated heterocycles. The van der Waals surface area contributed by atoms with Crippen LogP contribution in [0.5, 0.6) is 0 Å². The number of rotatable bonds is 5. The molecule has 10 heteroatoms. The zero-order valence-corrected chi connectivity index (χ0v) is 24.6. The quantitative estimate of drug-likeness (QED) is 0.266. The molecule has 38 heavy (non-hydrogen) atoms. The van der Waals surface area contributed by atoms with Crippen molar-refractivity contribution >= 4 is 56.2 Å². The molecule has 2 amide bonds. The van der Waals surface area contributed by atoms with Gasteiger partial charge in [0.1, 0.15) is 16.1 Å². The van der Waals surface area contributed by atoms with Gasteiger partial charge in [0.05, 0.1) is 24.4 Å². The first-order valence-corrected chi connectivity index (χ1v) is 13.2. The molecule has 3 aromatic rings. The number of pyridine rings is 1. The van der Waals surface area contributed by atoms with E-state index in [9.17, 15) is 14.4 Å². The molecule has 206 valence electrons.